The van der Waals surface area contributed by atoms with Crippen molar-refractivity contribution in [2.75, 3.05) is 13.1 Å². The van der Waals surface area contributed by atoms with E-state index in [1.807, 2.05) is 28.9 Å². The van der Waals surface area contributed by atoms with E-state index >= 15 is 0 Å². The Morgan fingerprint density at radius 2 is 2.00 bits per heavy atom. The Hall–Kier alpha value is -1.81. The van der Waals surface area contributed by atoms with Gasteiger partial charge in [0.2, 0.25) is 0 Å². The van der Waals surface area contributed by atoms with Gasteiger partial charge in [0.25, 0.3) is 5.91 Å². The summed E-state index contributed by atoms with van der Waals surface area (Å²) in [5.41, 5.74) is 3.19. The molecule has 0 atom stereocenters. The summed E-state index contributed by atoms with van der Waals surface area (Å²) in [5.74, 6) is 1.69. The molecule has 1 amide bonds. The number of carbonyl (C=O) groups excluding carboxylic acids is 1. The zero-order valence-corrected chi connectivity index (χ0v) is 15.9. The molecular weight excluding hydrogens is 328 g/mol. The fourth-order valence-electron chi connectivity index (χ4n) is 3.18. The third kappa shape index (κ3) is 4.63. The number of pyridine rings is 1. The fourth-order valence-corrected chi connectivity index (χ4v) is 4.23. The van der Waals surface area contributed by atoms with Crippen molar-refractivity contribution in [2.45, 2.75) is 43.8 Å². The highest BCUT2D eigenvalue weighted by Crippen LogP contribution is 2.27. The second-order valence-corrected chi connectivity index (χ2v) is 7.82. The highest BCUT2D eigenvalue weighted by Gasteiger charge is 2.21. The van der Waals surface area contributed by atoms with Gasteiger partial charge in [-0.15, -0.1) is 11.8 Å². The van der Waals surface area contributed by atoms with Gasteiger partial charge in [0.15, 0.2) is 0 Å². The molecule has 1 aliphatic rings. The minimum absolute atomic E-state index is 0.125. The molecule has 25 heavy (non-hydrogen) atoms. The summed E-state index contributed by atoms with van der Waals surface area (Å²) in [6.45, 7) is 6.17. The molecule has 0 N–H and O–H groups in total. The first-order valence-corrected chi connectivity index (χ1v) is 10.1. The molecule has 1 saturated heterocycles. The van der Waals surface area contributed by atoms with Gasteiger partial charge in [-0.1, -0.05) is 32.0 Å². The van der Waals surface area contributed by atoms with E-state index in [2.05, 4.69) is 43.1 Å². The van der Waals surface area contributed by atoms with Crippen LogP contribution in [0.1, 0.15) is 48.2 Å². The Kier molecular flexibility index (Phi) is 6.14. The molecule has 1 aromatic heterocycles. The maximum Gasteiger partial charge on any atom is 0.255 e. The van der Waals surface area contributed by atoms with E-state index in [-0.39, 0.29) is 5.91 Å². The van der Waals surface area contributed by atoms with Crippen LogP contribution in [0.25, 0.3) is 0 Å². The Labute approximate surface area is 154 Å². The summed E-state index contributed by atoms with van der Waals surface area (Å²) in [6, 6.07) is 10.5. The van der Waals surface area contributed by atoms with E-state index in [0.717, 1.165) is 55.1 Å². The first-order chi connectivity index (χ1) is 12.2. The van der Waals surface area contributed by atoms with Crippen LogP contribution in [0.2, 0.25) is 0 Å². The molecule has 0 spiro atoms. The average molecular weight is 355 g/mol. The number of aromatic nitrogens is 1. The van der Waals surface area contributed by atoms with Crippen molar-refractivity contribution in [3.63, 3.8) is 0 Å². The minimum Gasteiger partial charge on any atom is -0.339 e. The first kappa shape index (κ1) is 18.0. The van der Waals surface area contributed by atoms with E-state index in [1.165, 1.54) is 10.5 Å². The van der Waals surface area contributed by atoms with Crippen LogP contribution in [0, 0.1) is 5.92 Å². The van der Waals surface area contributed by atoms with Gasteiger partial charge in [0.05, 0.1) is 5.56 Å². The predicted octanol–water partition coefficient (Wildman–Crippen LogP) is 4.81. The first-order valence-electron chi connectivity index (χ1n) is 9.11. The van der Waals surface area contributed by atoms with E-state index in [9.17, 15) is 4.79 Å². The summed E-state index contributed by atoms with van der Waals surface area (Å²) in [7, 11) is 0. The molecule has 0 bridgehead atoms. The number of piperidine rings is 1. The second-order valence-electron chi connectivity index (χ2n) is 6.81. The maximum atomic E-state index is 12.7. The molecule has 1 aromatic carbocycles. The lowest BCUT2D eigenvalue weighted by molar-refractivity contribution is 0.0696. The average Bonchev–Trinajstić information content (AvgIpc) is 2.67. The monoisotopic (exact) mass is 354 g/mol. The van der Waals surface area contributed by atoms with E-state index in [0.29, 0.717) is 0 Å². The molecule has 1 aliphatic heterocycles. The van der Waals surface area contributed by atoms with Crippen LogP contribution in [-0.4, -0.2) is 28.9 Å². The van der Waals surface area contributed by atoms with Gasteiger partial charge in [-0.2, -0.15) is 0 Å². The van der Waals surface area contributed by atoms with E-state index < -0.39 is 0 Å². The summed E-state index contributed by atoms with van der Waals surface area (Å²) < 4.78 is 0. The summed E-state index contributed by atoms with van der Waals surface area (Å²) in [5, 5.41) is 0. The van der Waals surface area contributed by atoms with Gasteiger partial charge >= 0.3 is 0 Å². The molecule has 3 nitrogen and oxygen atoms in total. The maximum absolute atomic E-state index is 12.7. The number of aryl methyl sites for hydroxylation is 1. The van der Waals surface area contributed by atoms with Crippen LogP contribution in [0.4, 0.5) is 0 Å². The van der Waals surface area contributed by atoms with Crippen molar-refractivity contribution in [1.82, 2.24) is 9.88 Å². The van der Waals surface area contributed by atoms with Crippen LogP contribution < -0.4 is 0 Å². The van der Waals surface area contributed by atoms with Crippen molar-refractivity contribution >= 4 is 17.7 Å². The lowest BCUT2D eigenvalue weighted by Gasteiger charge is -2.30. The van der Waals surface area contributed by atoms with Crippen molar-refractivity contribution in [2.24, 2.45) is 5.92 Å². The van der Waals surface area contributed by atoms with E-state index in [4.69, 9.17) is 0 Å². The fraction of sp³-hybridized carbons (Fsp3) is 0.429. The molecule has 2 aromatic rings. The molecule has 0 unspecified atom stereocenters. The normalized spacial score (nSPS) is 15.4. The highest BCUT2D eigenvalue weighted by atomic mass is 32.2. The largest absolute Gasteiger partial charge is 0.339 e. The van der Waals surface area contributed by atoms with Gasteiger partial charge < -0.3 is 4.90 Å². The van der Waals surface area contributed by atoms with Crippen LogP contribution >= 0.6 is 11.8 Å². The molecule has 0 radical (unpaired) electrons. The van der Waals surface area contributed by atoms with Gasteiger partial charge in [0, 0.05) is 36.1 Å². The molecular formula is C21H26N2OS. The Morgan fingerprint density at radius 1 is 1.24 bits per heavy atom. The summed E-state index contributed by atoms with van der Waals surface area (Å²) in [6.07, 6.45) is 6.81. The van der Waals surface area contributed by atoms with Crippen LogP contribution in [0.5, 0.6) is 0 Å². The number of hydrogen-bond acceptors (Lipinski definition) is 3. The number of rotatable bonds is 5. The Balaban J connectivity index is 1.66. The number of benzene rings is 1. The number of thioether (sulfide) groups is 1. The number of amides is 1. The van der Waals surface area contributed by atoms with Gasteiger partial charge in [0.1, 0.15) is 0 Å². The van der Waals surface area contributed by atoms with Crippen LogP contribution in [-0.2, 0) is 12.2 Å². The lowest BCUT2D eigenvalue weighted by atomic mass is 9.99. The lowest BCUT2D eigenvalue weighted by Crippen LogP contribution is -2.37. The van der Waals surface area contributed by atoms with Crippen LogP contribution in [0.15, 0.2) is 47.6 Å². The molecule has 0 aliphatic carbocycles. The van der Waals surface area contributed by atoms with Gasteiger partial charge in [-0.3, -0.25) is 9.78 Å². The Bertz CT molecular complexity index is 723. The van der Waals surface area contributed by atoms with Crippen molar-refractivity contribution in [3.05, 3.63) is 59.4 Å². The smallest absolute Gasteiger partial charge is 0.255 e. The molecule has 1 fully saturated rings. The molecule has 3 rings (SSSR count). The standard InChI is InChI=1S/C21H26N2OS/c1-3-18-6-4-5-7-20(18)25-15-17-12-19(14-22-13-17)21(24)23-10-8-16(2)9-11-23/h4-7,12-14,16H,3,8-11,15H2,1-2H3. The number of hydrogen-bond donors (Lipinski definition) is 0. The molecule has 0 saturated carbocycles. The zero-order chi connectivity index (χ0) is 17.6. The minimum atomic E-state index is 0.125. The van der Waals surface area contributed by atoms with Crippen molar-refractivity contribution in [1.29, 1.82) is 0 Å². The van der Waals surface area contributed by atoms with Crippen molar-refractivity contribution in [3.8, 4) is 0 Å². The molecule has 132 valence electrons. The summed E-state index contributed by atoms with van der Waals surface area (Å²) in [4.78, 5) is 20.3. The highest BCUT2D eigenvalue weighted by molar-refractivity contribution is 7.98. The van der Waals surface area contributed by atoms with E-state index in [1.54, 1.807) is 6.20 Å². The SMILES string of the molecule is CCc1ccccc1SCc1cncc(C(=O)N2CCC(C)CC2)c1. The third-order valence-electron chi connectivity index (χ3n) is 4.86. The topological polar surface area (TPSA) is 33.2 Å². The predicted molar refractivity (Wildman–Crippen MR) is 104 cm³/mol. The van der Waals surface area contributed by atoms with Crippen LogP contribution in [0.3, 0.4) is 0 Å². The van der Waals surface area contributed by atoms with Gasteiger partial charge in [-0.05, 0) is 48.4 Å². The van der Waals surface area contributed by atoms with Gasteiger partial charge in [-0.25, -0.2) is 0 Å². The number of carbonyl (C=O) groups is 1. The second kappa shape index (κ2) is 8.52. The zero-order valence-electron chi connectivity index (χ0n) is 15.1. The molecule has 4 heteroatoms. The third-order valence-corrected chi connectivity index (χ3v) is 6.05. The molecule has 2 heterocycles. The van der Waals surface area contributed by atoms with Crippen molar-refractivity contribution < 1.29 is 4.79 Å². The number of likely N-dealkylation sites (tertiary alicyclic amines) is 1. The number of nitrogens with zero attached hydrogens (tertiary/aromatic N) is 2. The Morgan fingerprint density at radius 3 is 2.76 bits per heavy atom. The quantitative estimate of drug-likeness (QED) is 0.723. The summed E-state index contributed by atoms with van der Waals surface area (Å²) >= 11 is 1.82.